The number of ether oxygens (including phenoxy) is 3. The molecule has 4 amide bonds. The molecule has 1 aliphatic heterocycles. The quantitative estimate of drug-likeness (QED) is 0.0622. The molecule has 1 fully saturated rings. The Balaban J connectivity index is 1.69. The average Bonchev–Trinajstić information content (AvgIpc) is 3.63. The number of carbonyl (C=O) groups excluding carboxylic acids is 7. The van der Waals surface area contributed by atoms with Crippen molar-refractivity contribution in [3.63, 3.8) is 0 Å². The molecule has 0 bridgehead atoms. The summed E-state index contributed by atoms with van der Waals surface area (Å²) < 4.78 is 17.6. The van der Waals surface area contributed by atoms with Crippen LogP contribution in [0.3, 0.4) is 0 Å². The lowest BCUT2D eigenvalue weighted by molar-refractivity contribution is -0.156. The first-order chi connectivity index (χ1) is 29.6. The topological polar surface area (TPSA) is 191 Å². The second-order valence-electron chi connectivity index (χ2n) is 17.0. The van der Waals surface area contributed by atoms with Crippen molar-refractivity contribution < 1.29 is 47.8 Å². The number of piperidine rings is 1. The fourth-order valence-electron chi connectivity index (χ4n) is 7.47. The molecule has 15 nitrogen and oxygen atoms in total. The summed E-state index contributed by atoms with van der Waals surface area (Å²) in [5.41, 5.74) is 1.01. The number of Topliss-reactive ketones (excluding diaryl/α,β-unsaturated/α-hetero) is 1. The molecule has 4 rings (SSSR count). The average molecular weight is 860 g/mol. The number of methoxy groups -OCH3 is 1. The van der Waals surface area contributed by atoms with Crippen LogP contribution in [0.15, 0.2) is 60.8 Å². The van der Waals surface area contributed by atoms with E-state index < -0.39 is 65.6 Å². The van der Waals surface area contributed by atoms with Gasteiger partial charge in [0.15, 0.2) is 0 Å². The number of alkyl carbamates (subject to hydrolysis) is 1. The molecule has 0 spiro atoms. The number of nitrogens with zero attached hydrogens (tertiary/aromatic N) is 2. The van der Waals surface area contributed by atoms with Gasteiger partial charge in [-0.25, -0.2) is 14.4 Å². The van der Waals surface area contributed by atoms with Gasteiger partial charge in [0.2, 0.25) is 17.7 Å². The van der Waals surface area contributed by atoms with Gasteiger partial charge in [-0.05, 0) is 76.0 Å². The number of ketones is 1. The number of benzene rings is 2. The summed E-state index contributed by atoms with van der Waals surface area (Å²) in [4.78, 5) is 96.3. The molecule has 1 saturated heterocycles. The van der Waals surface area contributed by atoms with Crippen molar-refractivity contribution in [1.29, 1.82) is 0 Å². The van der Waals surface area contributed by atoms with Gasteiger partial charge in [0.1, 0.15) is 42.2 Å². The van der Waals surface area contributed by atoms with Crippen LogP contribution in [-0.2, 0) is 51.2 Å². The van der Waals surface area contributed by atoms with Crippen LogP contribution in [-0.4, -0.2) is 94.6 Å². The molecule has 2 aromatic carbocycles. The van der Waals surface area contributed by atoms with E-state index in [2.05, 4.69) is 16.0 Å². The van der Waals surface area contributed by atoms with Gasteiger partial charge in [-0.15, -0.1) is 0 Å². The predicted molar refractivity (Wildman–Crippen MR) is 234 cm³/mol. The number of unbranched alkanes of at least 4 members (excludes halogenated alkanes) is 2. The van der Waals surface area contributed by atoms with E-state index in [4.69, 9.17) is 14.2 Å². The van der Waals surface area contributed by atoms with E-state index in [0.29, 0.717) is 74.4 Å². The predicted octanol–water partition coefficient (Wildman–Crippen LogP) is 6.76. The fourth-order valence-corrected chi connectivity index (χ4v) is 7.47. The summed E-state index contributed by atoms with van der Waals surface area (Å²) in [6.07, 6.45) is 5.09. The molecule has 2 heterocycles. The third-order valence-electron chi connectivity index (χ3n) is 11.1. The van der Waals surface area contributed by atoms with Gasteiger partial charge in [0, 0.05) is 37.4 Å². The maximum Gasteiger partial charge on any atom is 0.419 e. The molecule has 1 aromatic heterocycles. The molecule has 5 atom stereocenters. The van der Waals surface area contributed by atoms with Gasteiger partial charge in [-0.1, -0.05) is 88.6 Å². The minimum Gasteiger partial charge on any atom is -0.467 e. The van der Waals surface area contributed by atoms with Crippen LogP contribution in [0.2, 0.25) is 0 Å². The van der Waals surface area contributed by atoms with Crippen LogP contribution >= 0.6 is 0 Å². The molecular weight excluding hydrogens is 795 g/mol. The van der Waals surface area contributed by atoms with Gasteiger partial charge in [-0.3, -0.25) is 23.7 Å². The highest BCUT2D eigenvalue weighted by Crippen LogP contribution is 2.26. The fraction of sp³-hybridized carbons (Fsp3) is 0.553. The zero-order chi connectivity index (χ0) is 45.4. The summed E-state index contributed by atoms with van der Waals surface area (Å²) >= 11 is 0. The molecule has 0 aliphatic carbocycles. The Morgan fingerprint density at radius 2 is 1.53 bits per heavy atom. The van der Waals surface area contributed by atoms with Gasteiger partial charge >= 0.3 is 18.2 Å². The summed E-state index contributed by atoms with van der Waals surface area (Å²) in [5, 5.41) is 9.12. The van der Waals surface area contributed by atoms with E-state index in [1.54, 1.807) is 63.4 Å². The maximum absolute atomic E-state index is 14.7. The number of carbonyl (C=O) groups is 7. The standard InChI is InChI=1S/C47H65N5O10/c1-8-31(3)40(43(56)51-27-19-18-26-39(51)44(57)60-7)50-42(55)37(28-33-29-52(46(59)62-47(4,5)6)38-25-17-16-23-35(33)38)48-41(54)36(24-15-11-14-22-34(53)9-2)49-45(58)61-30-32-20-12-10-13-21-32/h10,12-13,16-17,20-21,23,25,29,31,36-37,39-40H,8-9,11,14-15,18-19,22,24,26-28,30H2,1-7H3,(H,48,54)(H,49,58)(H,50,55)/t31-,36-,37-,39+,40-/m0/s1. The maximum atomic E-state index is 14.7. The Bertz CT molecular complexity index is 2010. The first kappa shape index (κ1) is 48.9. The lowest BCUT2D eigenvalue weighted by Gasteiger charge is -2.38. The monoisotopic (exact) mass is 859 g/mol. The first-order valence-corrected chi connectivity index (χ1v) is 21.9. The minimum atomic E-state index is -1.32. The molecule has 0 saturated carbocycles. The van der Waals surface area contributed by atoms with Gasteiger partial charge in [-0.2, -0.15) is 0 Å². The lowest BCUT2D eigenvalue weighted by Crippen LogP contribution is -2.61. The normalized spacial score (nSPS) is 16.0. The van der Waals surface area contributed by atoms with Crippen molar-refractivity contribution in [3.8, 4) is 0 Å². The number of nitrogens with one attached hydrogen (secondary N) is 3. The van der Waals surface area contributed by atoms with E-state index in [1.807, 2.05) is 39.0 Å². The molecule has 15 heteroatoms. The van der Waals surface area contributed by atoms with E-state index >= 15 is 0 Å². The first-order valence-electron chi connectivity index (χ1n) is 21.9. The van der Waals surface area contributed by atoms with Crippen LogP contribution in [0.25, 0.3) is 10.9 Å². The Labute approximate surface area is 365 Å². The Morgan fingerprint density at radius 3 is 2.21 bits per heavy atom. The number of hydrogen-bond donors (Lipinski definition) is 3. The number of amides is 4. The number of fused-ring (bicyclic) bond motifs is 1. The molecule has 3 N–H and O–H groups in total. The molecular formula is C47H65N5O10. The molecule has 3 aromatic rings. The van der Waals surface area contributed by atoms with E-state index in [-0.39, 0.29) is 31.1 Å². The highest BCUT2D eigenvalue weighted by atomic mass is 16.6. The number of hydrogen-bond acceptors (Lipinski definition) is 10. The van der Waals surface area contributed by atoms with Crippen LogP contribution in [0.4, 0.5) is 9.59 Å². The minimum absolute atomic E-state index is 0.0359. The number of likely N-dealkylation sites (tertiary alicyclic amines) is 1. The van der Waals surface area contributed by atoms with Crippen LogP contribution < -0.4 is 16.0 Å². The van der Waals surface area contributed by atoms with Crippen molar-refractivity contribution in [1.82, 2.24) is 25.4 Å². The summed E-state index contributed by atoms with van der Waals surface area (Å²) in [5.74, 6) is -2.55. The highest BCUT2D eigenvalue weighted by Gasteiger charge is 2.40. The second kappa shape index (κ2) is 23.5. The summed E-state index contributed by atoms with van der Waals surface area (Å²) in [7, 11) is 1.28. The van der Waals surface area contributed by atoms with Gasteiger partial charge in [0.25, 0.3) is 0 Å². The number of rotatable bonds is 20. The summed E-state index contributed by atoms with van der Waals surface area (Å²) in [6, 6.07) is 11.9. The molecule has 338 valence electrons. The third kappa shape index (κ3) is 14.2. The molecule has 0 unspecified atom stereocenters. The third-order valence-corrected chi connectivity index (χ3v) is 11.1. The molecule has 0 radical (unpaired) electrons. The Morgan fingerprint density at radius 1 is 0.839 bits per heavy atom. The van der Waals surface area contributed by atoms with Crippen molar-refractivity contribution in [2.75, 3.05) is 13.7 Å². The van der Waals surface area contributed by atoms with Crippen LogP contribution in [0.1, 0.15) is 117 Å². The lowest BCUT2D eigenvalue weighted by atomic mass is 9.94. The van der Waals surface area contributed by atoms with E-state index in [1.165, 1.54) is 16.6 Å². The van der Waals surface area contributed by atoms with Crippen molar-refractivity contribution in [2.45, 2.75) is 149 Å². The van der Waals surface area contributed by atoms with Gasteiger partial charge < -0.3 is 35.1 Å². The Hall–Kier alpha value is -5.73. The Kier molecular flexibility index (Phi) is 18.5. The van der Waals surface area contributed by atoms with Gasteiger partial charge in [0.05, 0.1) is 12.6 Å². The molecule has 1 aliphatic rings. The van der Waals surface area contributed by atoms with Crippen LogP contribution in [0.5, 0.6) is 0 Å². The number of para-hydroxylation sites is 1. The zero-order valence-electron chi connectivity index (χ0n) is 37.3. The SMILES string of the molecule is CCC(=O)CCCCC[C@H](NC(=O)OCc1ccccc1)C(=O)N[C@@H](Cc1cn(C(=O)OC(C)(C)C)c2ccccc12)C(=O)N[C@H](C(=O)N1CCCC[C@@H]1C(=O)OC)[C@@H](C)CC. The zero-order valence-corrected chi connectivity index (χ0v) is 37.3. The largest absolute Gasteiger partial charge is 0.467 e. The van der Waals surface area contributed by atoms with Crippen LogP contribution in [0, 0.1) is 5.92 Å². The number of aromatic nitrogens is 1. The number of esters is 1. The van der Waals surface area contributed by atoms with Crippen molar-refractivity contribution in [2.24, 2.45) is 5.92 Å². The van der Waals surface area contributed by atoms with E-state index in [9.17, 15) is 33.6 Å². The van der Waals surface area contributed by atoms with E-state index in [0.717, 1.165) is 12.0 Å². The van der Waals surface area contributed by atoms with Crippen molar-refractivity contribution >= 4 is 52.6 Å². The highest BCUT2D eigenvalue weighted by molar-refractivity contribution is 5.97. The second-order valence-corrected chi connectivity index (χ2v) is 17.0. The van der Waals surface area contributed by atoms with Crippen molar-refractivity contribution in [3.05, 3.63) is 71.9 Å². The summed E-state index contributed by atoms with van der Waals surface area (Å²) in [6.45, 7) is 11.1. The smallest absolute Gasteiger partial charge is 0.419 e. The molecule has 62 heavy (non-hydrogen) atoms.